The van der Waals surface area contributed by atoms with Gasteiger partial charge >= 0.3 is 0 Å². The SMILES string of the molecule is COc1ccc(-n2nc(C(C)=O)c(C(C)=O)c2C)c(OC)c1. The second-order valence-corrected chi connectivity index (χ2v) is 4.87. The van der Waals surface area contributed by atoms with Gasteiger partial charge in [-0.25, -0.2) is 4.68 Å². The Labute approximate surface area is 128 Å². The molecule has 0 aliphatic rings. The van der Waals surface area contributed by atoms with Gasteiger partial charge in [-0.05, 0) is 26.0 Å². The van der Waals surface area contributed by atoms with Crippen LogP contribution < -0.4 is 9.47 Å². The van der Waals surface area contributed by atoms with Crippen LogP contribution in [0, 0.1) is 6.92 Å². The molecule has 0 saturated carbocycles. The van der Waals surface area contributed by atoms with Gasteiger partial charge in [-0.2, -0.15) is 5.10 Å². The lowest BCUT2D eigenvalue weighted by Crippen LogP contribution is -2.03. The van der Waals surface area contributed by atoms with Crippen LogP contribution in [0.3, 0.4) is 0 Å². The fourth-order valence-corrected chi connectivity index (χ4v) is 2.36. The molecule has 0 saturated heterocycles. The van der Waals surface area contributed by atoms with Crippen LogP contribution in [0.2, 0.25) is 0 Å². The van der Waals surface area contributed by atoms with Gasteiger partial charge in [-0.15, -0.1) is 0 Å². The quantitative estimate of drug-likeness (QED) is 0.794. The van der Waals surface area contributed by atoms with Crippen LogP contribution in [0.1, 0.15) is 40.4 Å². The van der Waals surface area contributed by atoms with Crippen molar-refractivity contribution >= 4 is 11.6 Å². The van der Waals surface area contributed by atoms with Crippen molar-refractivity contribution in [1.82, 2.24) is 9.78 Å². The van der Waals surface area contributed by atoms with Crippen molar-refractivity contribution in [3.63, 3.8) is 0 Å². The third-order valence-corrected chi connectivity index (χ3v) is 3.42. The van der Waals surface area contributed by atoms with Gasteiger partial charge in [0.15, 0.2) is 11.6 Å². The number of ketones is 2. The molecular formula is C16H18N2O4. The molecule has 6 heteroatoms. The smallest absolute Gasteiger partial charge is 0.180 e. The topological polar surface area (TPSA) is 70.4 Å². The molecule has 116 valence electrons. The zero-order valence-electron chi connectivity index (χ0n) is 13.3. The van der Waals surface area contributed by atoms with Crippen LogP contribution in [0.25, 0.3) is 5.69 Å². The van der Waals surface area contributed by atoms with E-state index < -0.39 is 0 Å². The number of hydrogen-bond acceptors (Lipinski definition) is 5. The predicted octanol–water partition coefficient (Wildman–Crippen LogP) is 2.60. The summed E-state index contributed by atoms with van der Waals surface area (Å²) in [4.78, 5) is 23.6. The Morgan fingerprint density at radius 3 is 2.23 bits per heavy atom. The van der Waals surface area contributed by atoms with Crippen molar-refractivity contribution < 1.29 is 19.1 Å². The van der Waals surface area contributed by atoms with Crippen molar-refractivity contribution in [3.8, 4) is 17.2 Å². The maximum atomic E-state index is 11.8. The third kappa shape index (κ3) is 2.59. The Morgan fingerprint density at radius 2 is 1.77 bits per heavy atom. The third-order valence-electron chi connectivity index (χ3n) is 3.42. The van der Waals surface area contributed by atoms with Gasteiger partial charge in [0.05, 0.1) is 25.5 Å². The molecule has 0 spiro atoms. The first kappa shape index (κ1) is 15.8. The van der Waals surface area contributed by atoms with E-state index in [1.165, 1.54) is 21.0 Å². The first-order valence-electron chi connectivity index (χ1n) is 6.74. The molecule has 2 rings (SSSR count). The molecular weight excluding hydrogens is 284 g/mol. The van der Waals surface area contributed by atoms with Crippen LogP contribution in [0.15, 0.2) is 18.2 Å². The Balaban J connectivity index is 2.71. The summed E-state index contributed by atoms with van der Waals surface area (Å²) in [5.74, 6) is 0.736. The highest BCUT2D eigenvalue weighted by molar-refractivity contribution is 6.06. The summed E-state index contributed by atoms with van der Waals surface area (Å²) in [5.41, 5.74) is 1.74. The lowest BCUT2D eigenvalue weighted by Gasteiger charge is -2.11. The first-order chi connectivity index (χ1) is 10.4. The zero-order chi connectivity index (χ0) is 16.4. The van der Waals surface area contributed by atoms with Crippen molar-refractivity contribution in [1.29, 1.82) is 0 Å². The molecule has 0 aliphatic carbocycles. The number of methoxy groups -OCH3 is 2. The van der Waals surface area contributed by atoms with Gasteiger partial charge in [0.25, 0.3) is 0 Å². The van der Waals surface area contributed by atoms with E-state index in [1.807, 2.05) is 0 Å². The number of benzene rings is 1. The largest absolute Gasteiger partial charge is 0.497 e. The molecule has 6 nitrogen and oxygen atoms in total. The predicted molar refractivity (Wildman–Crippen MR) is 81.4 cm³/mol. The van der Waals surface area contributed by atoms with E-state index in [-0.39, 0.29) is 17.3 Å². The van der Waals surface area contributed by atoms with Crippen LogP contribution in [0.4, 0.5) is 0 Å². The van der Waals surface area contributed by atoms with Gasteiger partial charge < -0.3 is 9.47 Å². The minimum absolute atomic E-state index is 0.169. The maximum absolute atomic E-state index is 11.8. The number of aromatic nitrogens is 2. The fraction of sp³-hybridized carbons (Fsp3) is 0.312. The monoisotopic (exact) mass is 302 g/mol. The van der Waals surface area contributed by atoms with Crippen LogP contribution in [-0.4, -0.2) is 35.6 Å². The van der Waals surface area contributed by atoms with Crippen LogP contribution >= 0.6 is 0 Å². The van der Waals surface area contributed by atoms with E-state index in [1.54, 1.807) is 36.9 Å². The van der Waals surface area contributed by atoms with Crippen molar-refractivity contribution in [3.05, 3.63) is 35.2 Å². The zero-order valence-corrected chi connectivity index (χ0v) is 13.3. The van der Waals surface area contributed by atoms with Crippen molar-refractivity contribution in [2.45, 2.75) is 20.8 Å². The number of rotatable bonds is 5. The van der Waals surface area contributed by atoms with Gasteiger partial charge in [-0.3, -0.25) is 9.59 Å². The van der Waals surface area contributed by atoms with E-state index in [4.69, 9.17) is 9.47 Å². The van der Waals surface area contributed by atoms with Gasteiger partial charge in [-0.1, -0.05) is 0 Å². The molecule has 2 aromatic rings. The van der Waals surface area contributed by atoms with E-state index >= 15 is 0 Å². The summed E-state index contributed by atoms with van der Waals surface area (Å²) in [6.45, 7) is 4.57. The number of carbonyl (C=O) groups excluding carboxylic acids is 2. The van der Waals surface area contributed by atoms with Gasteiger partial charge in [0.2, 0.25) is 0 Å². The summed E-state index contributed by atoms with van der Waals surface area (Å²) in [5, 5.41) is 4.29. The molecule has 0 amide bonds. The lowest BCUT2D eigenvalue weighted by atomic mass is 10.1. The molecule has 1 heterocycles. The Hall–Kier alpha value is -2.63. The number of carbonyl (C=O) groups is 2. The highest BCUT2D eigenvalue weighted by Gasteiger charge is 2.23. The molecule has 0 bridgehead atoms. The summed E-state index contributed by atoms with van der Waals surface area (Å²) >= 11 is 0. The maximum Gasteiger partial charge on any atom is 0.180 e. The molecule has 0 unspecified atom stereocenters. The summed E-state index contributed by atoms with van der Waals surface area (Å²) in [6.07, 6.45) is 0. The van der Waals surface area contributed by atoms with E-state index in [2.05, 4.69) is 5.10 Å². The number of nitrogens with zero attached hydrogens (tertiary/aromatic N) is 2. The average Bonchev–Trinajstić information content (AvgIpc) is 2.84. The highest BCUT2D eigenvalue weighted by atomic mass is 16.5. The molecule has 0 aliphatic heterocycles. The number of hydrogen-bond donors (Lipinski definition) is 0. The summed E-state index contributed by atoms with van der Waals surface area (Å²) in [6, 6.07) is 5.25. The van der Waals surface area contributed by atoms with E-state index in [9.17, 15) is 9.59 Å². The molecule has 22 heavy (non-hydrogen) atoms. The average molecular weight is 302 g/mol. The lowest BCUT2D eigenvalue weighted by molar-refractivity contribution is 0.0978. The van der Waals surface area contributed by atoms with Crippen molar-refractivity contribution in [2.24, 2.45) is 0 Å². The summed E-state index contributed by atoms with van der Waals surface area (Å²) < 4.78 is 12.1. The van der Waals surface area contributed by atoms with Crippen LogP contribution in [0.5, 0.6) is 11.5 Å². The Morgan fingerprint density at radius 1 is 1.09 bits per heavy atom. The molecule has 1 aromatic carbocycles. The molecule has 0 N–H and O–H groups in total. The molecule has 0 radical (unpaired) electrons. The second kappa shape index (κ2) is 6.01. The Kier molecular flexibility index (Phi) is 4.30. The molecule has 0 fully saturated rings. The molecule has 0 atom stereocenters. The Bertz CT molecular complexity index is 747. The molecule has 1 aromatic heterocycles. The van der Waals surface area contributed by atoms with E-state index in [0.29, 0.717) is 28.4 Å². The van der Waals surface area contributed by atoms with E-state index in [0.717, 1.165) is 0 Å². The fourth-order valence-electron chi connectivity index (χ4n) is 2.36. The van der Waals surface area contributed by atoms with Crippen LogP contribution in [-0.2, 0) is 0 Å². The number of ether oxygens (including phenoxy) is 2. The first-order valence-corrected chi connectivity index (χ1v) is 6.74. The highest BCUT2D eigenvalue weighted by Crippen LogP contribution is 2.30. The number of Topliss-reactive ketones (excluding diaryl/α,β-unsaturated/α-hetero) is 2. The standard InChI is InChI=1S/C16H18N2O4/c1-9-15(10(2)19)16(11(3)20)17-18(9)13-7-6-12(21-4)8-14(13)22-5/h6-8H,1-5H3. The van der Waals surface area contributed by atoms with Gasteiger partial charge in [0.1, 0.15) is 22.9 Å². The second-order valence-electron chi connectivity index (χ2n) is 4.87. The van der Waals surface area contributed by atoms with Gasteiger partial charge in [0, 0.05) is 13.0 Å². The normalized spacial score (nSPS) is 10.4. The minimum atomic E-state index is -0.250. The van der Waals surface area contributed by atoms with Crippen molar-refractivity contribution in [2.75, 3.05) is 14.2 Å². The minimum Gasteiger partial charge on any atom is -0.497 e. The summed E-state index contributed by atoms with van der Waals surface area (Å²) in [7, 11) is 3.10.